The van der Waals surface area contributed by atoms with E-state index in [0.29, 0.717) is 17.8 Å². The van der Waals surface area contributed by atoms with E-state index in [1.54, 1.807) is 0 Å². The number of anilines is 9. The molecule has 4 fully saturated rings. The number of benzene rings is 16. The van der Waals surface area contributed by atoms with E-state index < -0.39 is 0 Å². The van der Waals surface area contributed by atoms with Crippen molar-refractivity contribution in [1.29, 1.82) is 0 Å². The van der Waals surface area contributed by atoms with Gasteiger partial charge >= 0.3 is 0 Å². The van der Waals surface area contributed by atoms with Crippen LogP contribution in [0.5, 0.6) is 11.5 Å². The summed E-state index contributed by atoms with van der Waals surface area (Å²) >= 11 is 0. The molecule has 1 N–H and O–H groups in total. The van der Waals surface area contributed by atoms with Crippen molar-refractivity contribution >= 4 is 51.2 Å². The molecule has 552 valence electrons. The summed E-state index contributed by atoms with van der Waals surface area (Å²) in [6, 6.07) is 148. The second-order valence-electron chi connectivity index (χ2n) is 32.1. The van der Waals surface area contributed by atoms with Crippen LogP contribution in [-0.4, -0.2) is 12.1 Å². The summed E-state index contributed by atoms with van der Waals surface area (Å²) in [5.74, 6) is 2.90. The lowest BCUT2D eigenvalue weighted by Crippen LogP contribution is -2.58. The van der Waals surface area contributed by atoms with Crippen molar-refractivity contribution in [2.45, 2.75) is 70.4 Å². The van der Waals surface area contributed by atoms with E-state index in [1.165, 1.54) is 37.8 Å². The molecule has 0 amide bonds. The number of hydrogen-bond donors (Lipinski definition) is 1. The number of para-hydroxylation sites is 1. The second-order valence-corrected chi connectivity index (χ2v) is 32.1. The first-order chi connectivity index (χ1) is 56.1. The Morgan fingerprint density at radius 2 is 0.596 bits per heavy atom. The lowest BCUT2D eigenvalue weighted by Gasteiger charge is -2.57. The molecule has 4 bridgehead atoms. The molecular weight excluding hydrogens is 1380 g/mol. The van der Waals surface area contributed by atoms with Crippen molar-refractivity contribution in [3.8, 4) is 112 Å². The van der Waals surface area contributed by atoms with Crippen LogP contribution in [-0.2, 0) is 5.41 Å². The van der Waals surface area contributed by atoms with Crippen LogP contribution < -0.4 is 24.8 Å². The summed E-state index contributed by atoms with van der Waals surface area (Å²) in [5, 5.41) is 4.12. The Kier molecular flexibility index (Phi) is 19.3. The Morgan fingerprint density at radius 3 is 0.965 bits per heavy atom. The molecule has 16 aromatic rings. The first-order valence-corrected chi connectivity index (χ1v) is 40.4. The highest BCUT2D eigenvalue weighted by molar-refractivity contribution is 6.05. The quantitative estimate of drug-likeness (QED) is 0.0822. The summed E-state index contributed by atoms with van der Waals surface area (Å²) < 4.78 is 7.60. The number of ether oxygens (including phenoxy) is 1. The average Bonchev–Trinajstić information content (AvgIpc) is 0.731. The first kappa shape index (κ1) is 70.9. The maximum absolute atomic E-state index is 7.60. The summed E-state index contributed by atoms with van der Waals surface area (Å²) in [6.45, 7) is 6.87. The summed E-state index contributed by atoms with van der Waals surface area (Å²) in [4.78, 5) is 8.07. The Hall–Kier alpha value is -13.5. The third-order valence-corrected chi connectivity index (χ3v) is 23.6. The molecule has 0 aromatic heterocycles. The van der Waals surface area contributed by atoms with Crippen LogP contribution in [0.15, 0.2) is 400 Å². The Balaban J connectivity index is 0.861. The van der Waals surface area contributed by atoms with Gasteiger partial charge in [-0.25, -0.2) is 0 Å². The van der Waals surface area contributed by atoms with Gasteiger partial charge in [-0.2, -0.15) is 0 Å². The molecule has 0 atom stereocenters. The number of nitrogens with one attached hydrogen (secondary N) is 1. The van der Waals surface area contributed by atoms with Gasteiger partial charge < -0.3 is 24.8 Å². The van der Waals surface area contributed by atoms with E-state index in [1.807, 2.05) is 0 Å². The largest absolute Gasteiger partial charge is 0.457 e. The van der Waals surface area contributed by atoms with Crippen molar-refractivity contribution in [2.75, 3.05) is 20.0 Å². The van der Waals surface area contributed by atoms with Crippen molar-refractivity contribution in [1.82, 2.24) is 0 Å². The van der Waals surface area contributed by atoms with Crippen molar-refractivity contribution < 1.29 is 4.74 Å². The van der Waals surface area contributed by atoms with E-state index in [4.69, 9.17) is 4.74 Å². The minimum absolute atomic E-state index is 0.263. The summed E-state index contributed by atoms with van der Waals surface area (Å²) in [6.07, 6.45) is 6.14. The number of nitrogens with zero attached hydrogens (tertiary/aromatic N) is 3. The normalized spacial score (nSPS) is 15.5. The molecule has 2 heterocycles. The molecule has 0 unspecified atom stereocenters. The number of piperidine rings is 2. The Bertz CT molecular complexity index is 5850. The average molecular weight is 1470 g/mol. The summed E-state index contributed by atoms with van der Waals surface area (Å²) in [7, 11) is 0. The standard InChI is InChI=1S/C109H90N4O/c1-109(2,3)89-68-90(110-106-100(80-41-20-7-21-42-80)62-86(77-35-14-4-15-36-77)63-101(106)81-43-22-8-23-44-81)70-99(69-89)114-98-56-34-55-92(74-98)113(108-104(84-49-28-11-29-50-84)66-88(79-39-18-6-19-40-79)67-105(108)85-51-30-12-31-52-85)97-72-95(111-93-58-75-57-76(60-93)61-94(111)59-75)71-96(73-97)112(91-53-32-13-33-54-91)107-102(82-45-24-9-25-46-82)64-87(78-37-16-5-17-38-78)65-103(107)83-47-26-10-27-48-83/h4-56,62-76,93-94,110H,57-61H2,1-3H3. The topological polar surface area (TPSA) is 31.0 Å². The second kappa shape index (κ2) is 31.0. The van der Waals surface area contributed by atoms with Crippen molar-refractivity contribution in [3.63, 3.8) is 0 Å². The van der Waals surface area contributed by atoms with Crippen LogP contribution >= 0.6 is 0 Å². The molecule has 2 saturated heterocycles. The zero-order valence-corrected chi connectivity index (χ0v) is 64.7. The van der Waals surface area contributed by atoms with E-state index in [9.17, 15) is 0 Å². The highest BCUT2D eigenvalue weighted by atomic mass is 16.5. The molecule has 114 heavy (non-hydrogen) atoms. The molecule has 20 rings (SSSR count). The van der Waals surface area contributed by atoms with Crippen LogP contribution in [0.25, 0.3) is 100 Å². The highest BCUT2D eigenvalue weighted by Gasteiger charge is 2.47. The molecule has 2 aliphatic carbocycles. The fourth-order valence-electron chi connectivity index (χ4n) is 18.4. The Morgan fingerprint density at radius 1 is 0.272 bits per heavy atom. The van der Waals surface area contributed by atoms with Crippen molar-refractivity contribution in [3.05, 3.63) is 406 Å². The molecule has 2 saturated carbocycles. The van der Waals surface area contributed by atoms with E-state index in [2.05, 4.69) is 441 Å². The van der Waals surface area contributed by atoms with Gasteiger partial charge in [-0.15, -0.1) is 0 Å². The Labute approximate surface area is 671 Å². The molecule has 4 aliphatic rings. The smallest absolute Gasteiger partial charge is 0.129 e. The van der Waals surface area contributed by atoms with Crippen LogP contribution in [0.4, 0.5) is 51.2 Å². The zero-order valence-electron chi connectivity index (χ0n) is 64.7. The van der Waals surface area contributed by atoms with Gasteiger partial charge in [0.05, 0.1) is 28.4 Å². The molecule has 2 aliphatic heterocycles. The molecule has 0 spiro atoms. The fraction of sp³-hybridized carbons (Fsp3) is 0.119. The lowest BCUT2D eigenvalue weighted by molar-refractivity contribution is 0.0900. The van der Waals surface area contributed by atoms with Crippen LogP contribution in [0.2, 0.25) is 0 Å². The number of rotatable bonds is 20. The van der Waals surface area contributed by atoms with Gasteiger partial charge in [0.15, 0.2) is 0 Å². The van der Waals surface area contributed by atoms with Gasteiger partial charge in [0.1, 0.15) is 11.5 Å². The molecule has 0 radical (unpaired) electrons. The van der Waals surface area contributed by atoms with Crippen LogP contribution in [0.3, 0.4) is 0 Å². The minimum Gasteiger partial charge on any atom is -0.457 e. The monoisotopic (exact) mass is 1470 g/mol. The van der Waals surface area contributed by atoms with Gasteiger partial charge in [0.2, 0.25) is 0 Å². The highest BCUT2D eigenvalue weighted by Crippen LogP contribution is 2.57. The van der Waals surface area contributed by atoms with Gasteiger partial charge in [-0.3, -0.25) is 0 Å². The first-order valence-electron chi connectivity index (χ1n) is 40.4. The fourth-order valence-corrected chi connectivity index (χ4v) is 18.4. The van der Waals surface area contributed by atoms with Gasteiger partial charge in [0.25, 0.3) is 0 Å². The van der Waals surface area contributed by atoms with Gasteiger partial charge in [0, 0.05) is 80.3 Å². The van der Waals surface area contributed by atoms with E-state index in [-0.39, 0.29) is 5.41 Å². The van der Waals surface area contributed by atoms with Crippen LogP contribution in [0.1, 0.15) is 58.4 Å². The van der Waals surface area contributed by atoms with Crippen molar-refractivity contribution in [2.24, 2.45) is 11.8 Å². The lowest BCUT2D eigenvalue weighted by atomic mass is 9.63. The zero-order chi connectivity index (χ0) is 76.5. The summed E-state index contributed by atoms with van der Waals surface area (Å²) in [5.41, 5.74) is 30.4. The molecule has 5 heteroatoms. The molecule has 5 nitrogen and oxygen atoms in total. The maximum Gasteiger partial charge on any atom is 0.129 e. The van der Waals surface area contributed by atoms with Gasteiger partial charge in [-0.05, 0) is 213 Å². The molecular formula is C109H90N4O. The molecule has 16 aromatic carbocycles. The SMILES string of the molecule is CC(C)(C)c1cc(Nc2c(-c3ccccc3)cc(-c3ccccc3)cc2-c2ccccc2)cc(Oc2cccc(N(c3cc(N(c4ccccc4)c4c(-c5ccccc5)cc(-c5ccccc5)cc4-c4ccccc4)cc(N4C5CC6CC(C5)CC4C6)c3)c3c(-c4ccccc4)cc(-c4ccccc4)cc3-c3ccccc3)c2)c1. The number of hydrogen-bond acceptors (Lipinski definition) is 5. The minimum atomic E-state index is -0.263. The van der Waals surface area contributed by atoms with E-state index >= 15 is 0 Å². The van der Waals surface area contributed by atoms with Gasteiger partial charge in [-0.1, -0.05) is 318 Å². The predicted molar refractivity (Wildman–Crippen MR) is 480 cm³/mol. The van der Waals surface area contributed by atoms with Crippen LogP contribution in [0, 0.1) is 11.8 Å². The maximum atomic E-state index is 7.60. The van der Waals surface area contributed by atoms with E-state index in [0.717, 1.165) is 169 Å². The third-order valence-electron chi connectivity index (χ3n) is 23.6. The predicted octanol–water partition coefficient (Wildman–Crippen LogP) is 30.2. The third kappa shape index (κ3) is 14.5.